The molecule has 0 aliphatic carbocycles. The van der Waals surface area contributed by atoms with Gasteiger partial charge in [0.2, 0.25) is 11.8 Å². The molecule has 27 heavy (non-hydrogen) atoms. The molecule has 0 fully saturated rings. The maximum Gasteiger partial charge on any atom is 0.224 e. The van der Waals surface area contributed by atoms with Gasteiger partial charge in [-0.15, -0.1) is 11.3 Å². The summed E-state index contributed by atoms with van der Waals surface area (Å²) in [5, 5.41) is 6.83. The zero-order valence-corrected chi connectivity index (χ0v) is 16.4. The first-order valence-electron chi connectivity index (χ1n) is 9.04. The fraction of sp³-hybridized carbons (Fsp3) is 0.286. The number of benzene rings is 2. The number of anilines is 2. The van der Waals surface area contributed by atoms with E-state index in [2.05, 4.69) is 21.7 Å². The number of rotatable bonds is 7. The lowest BCUT2D eigenvalue weighted by atomic mass is 10.1. The van der Waals surface area contributed by atoms with Crippen LogP contribution in [0.15, 0.2) is 42.5 Å². The molecule has 140 valence electrons. The van der Waals surface area contributed by atoms with E-state index in [-0.39, 0.29) is 11.8 Å². The Balaban J connectivity index is 1.48. The van der Waals surface area contributed by atoms with Crippen LogP contribution in [0.4, 0.5) is 11.4 Å². The molecule has 0 bridgehead atoms. The van der Waals surface area contributed by atoms with Crippen molar-refractivity contribution >= 4 is 44.7 Å². The molecule has 6 heteroatoms. The minimum Gasteiger partial charge on any atom is -0.326 e. The second-order valence-corrected chi connectivity index (χ2v) is 7.61. The first-order chi connectivity index (χ1) is 13.0. The summed E-state index contributed by atoms with van der Waals surface area (Å²) in [6, 6.07) is 13.6. The normalized spacial score (nSPS) is 10.7. The summed E-state index contributed by atoms with van der Waals surface area (Å²) < 4.78 is 1.21. The van der Waals surface area contributed by atoms with Crippen molar-refractivity contribution in [3.63, 3.8) is 0 Å². The summed E-state index contributed by atoms with van der Waals surface area (Å²) in [6.45, 7) is 3.35. The summed E-state index contributed by atoms with van der Waals surface area (Å²) in [4.78, 5) is 28.1. The Bertz CT molecular complexity index is 932. The van der Waals surface area contributed by atoms with Gasteiger partial charge in [-0.2, -0.15) is 0 Å². The average Bonchev–Trinajstić information content (AvgIpc) is 3.04. The van der Waals surface area contributed by atoms with Crippen molar-refractivity contribution in [1.29, 1.82) is 0 Å². The number of nitrogens with one attached hydrogen (secondary N) is 2. The first kappa shape index (κ1) is 19.0. The van der Waals surface area contributed by atoms with E-state index in [9.17, 15) is 9.59 Å². The predicted molar refractivity (Wildman–Crippen MR) is 111 cm³/mol. The maximum atomic E-state index is 12.2. The van der Waals surface area contributed by atoms with Crippen LogP contribution in [-0.4, -0.2) is 16.8 Å². The van der Waals surface area contributed by atoms with Gasteiger partial charge < -0.3 is 10.6 Å². The largest absolute Gasteiger partial charge is 0.326 e. The van der Waals surface area contributed by atoms with E-state index in [1.807, 2.05) is 43.3 Å². The molecule has 5 nitrogen and oxygen atoms in total. The van der Waals surface area contributed by atoms with Crippen LogP contribution in [0.2, 0.25) is 0 Å². The number of nitrogens with zero attached hydrogens (tertiary/aromatic N) is 1. The van der Waals surface area contributed by atoms with E-state index in [0.29, 0.717) is 6.42 Å². The molecular formula is C21H23N3O2S. The Morgan fingerprint density at radius 3 is 2.48 bits per heavy atom. The van der Waals surface area contributed by atoms with Gasteiger partial charge >= 0.3 is 0 Å². The minimum atomic E-state index is -0.128. The highest BCUT2D eigenvalue weighted by Crippen LogP contribution is 2.24. The molecule has 0 aliphatic rings. The van der Waals surface area contributed by atoms with Gasteiger partial charge in [0.25, 0.3) is 0 Å². The lowest BCUT2D eigenvalue weighted by Gasteiger charge is -2.12. The van der Waals surface area contributed by atoms with Crippen LogP contribution in [0.5, 0.6) is 0 Å². The number of aromatic nitrogens is 1. The van der Waals surface area contributed by atoms with Crippen LogP contribution < -0.4 is 10.6 Å². The number of fused-ring (bicyclic) bond motifs is 1. The van der Waals surface area contributed by atoms with E-state index in [1.54, 1.807) is 11.3 Å². The number of carbonyl (C=O) groups is 2. The van der Waals surface area contributed by atoms with Crippen LogP contribution in [0.3, 0.4) is 0 Å². The minimum absolute atomic E-state index is 0.0117. The zero-order chi connectivity index (χ0) is 19.2. The van der Waals surface area contributed by atoms with Gasteiger partial charge in [-0.05, 0) is 56.0 Å². The highest BCUT2D eigenvalue weighted by Gasteiger charge is 2.09. The van der Waals surface area contributed by atoms with Crippen LogP contribution in [0, 0.1) is 6.92 Å². The quantitative estimate of drug-likeness (QED) is 0.571. The third kappa shape index (κ3) is 5.14. The molecule has 0 aliphatic heterocycles. The summed E-state index contributed by atoms with van der Waals surface area (Å²) in [7, 11) is 0. The van der Waals surface area contributed by atoms with Gasteiger partial charge in [-0.3, -0.25) is 9.59 Å². The van der Waals surface area contributed by atoms with Gasteiger partial charge in [0.05, 0.1) is 15.2 Å². The highest BCUT2D eigenvalue weighted by molar-refractivity contribution is 7.18. The summed E-state index contributed by atoms with van der Waals surface area (Å²) >= 11 is 1.72. The molecule has 2 N–H and O–H groups in total. The van der Waals surface area contributed by atoms with Gasteiger partial charge in [0.1, 0.15) is 0 Å². The molecule has 0 atom stereocenters. The summed E-state index contributed by atoms with van der Waals surface area (Å²) in [6.07, 6.45) is 3.10. The molecule has 2 amide bonds. The van der Waals surface area contributed by atoms with Crippen LogP contribution in [0.25, 0.3) is 10.2 Å². The van der Waals surface area contributed by atoms with E-state index in [1.165, 1.54) is 11.6 Å². The Morgan fingerprint density at radius 1 is 1.00 bits per heavy atom. The second kappa shape index (κ2) is 8.77. The fourth-order valence-corrected chi connectivity index (χ4v) is 3.91. The van der Waals surface area contributed by atoms with Gasteiger partial charge in [-0.1, -0.05) is 18.2 Å². The lowest BCUT2D eigenvalue weighted by Crippen LogP contribution is -2.14. The first-order valence-corrected chi connectivity index (χ1v) is 9.86. The van der Waals surface area contributed by atoms with E-state index in [4.69, 9.17) is 0 Å². The number of unbranched alkanes of at least 4 members (excludes halogenated alkanes) is 1. The van der Waals surface area contributed by atoms with E-state index in [0.717, 1.165) is 46.7 Å². The van der Waals surface area contributed by atoms with E-state index < -0.39 is 0 Å². The van der Waals surface area contributed by atoms with Gasteiger partial charge in [-0.25, -0.2) is 4.98 Å². The smallest absolute Gasteiger partial charge is 0.224 e. The standard InChI is InChI=1S/C21H23N3O2S/c1-14-16(22-15(2)25)9-7-10-17(14)23-20(26)12-5-6-13-21-24-18-8-3-4-11-19(18)27-21/h3-4,7-11H,5-6,12-13H2,1-2H3,(H,22,25)(H,23,26). The lowest BCUT2D eigenvalue weighted by molar-refractivity contribution is -0.116. The van der Waals surface area contributed by atoms with E-state index >= 15 is 0 Å². The summed E-state index contributed by atoms with van der Waals surface area (Å²) in [5.74, 6) is -0.140. The Labute approximate surface area is 162 Å². The van der Waals surface area contributed by atoms with Crippen molar-refractivity contribution in [2.24, 2.45) is 0 Å². The number of thiazole rings is 1. The molecule has 0 radical (unpaired) electrons. The van der Waals surface area contributed by atoms with Crippen molar-refractivity contribution in [3.8, 4) is 0 Å². The van der Waals surface area contributed by atoms with Crippen molar-refractivity contribution in [3.05, 3.63) is 53.0 Å². The number of para-hydroxylation sites is 1. The molecule has 0 saturated heterocycles. The van der Waals surface area contributed by atoms with Gasteiger partial charge in [0, 0.05) is 24.7 Å². The average molecular weight is 382 g/mol. The molecule has 3 rings (SSSR count). The number of hydrogen-bond acceptors (Lipinski definition) is 4. The third-order valence-corrected chi connectivity index (χ3v) is 5.40. The Hall–Kier alpha value is -2.73. The number of amides is 2. The van der Waals surface area contributed by atoms with Crippen LogP contribution in [-0.2, 0) is 16.0 Å². The molecule has 1 heterocycles. The SMILES string of the molecule is CC(=O)Nc1cccc(NC(=O)CCCCc2nc3ccccc3s2)c1C. The third-order valence-electron chi connectivity index (χ3n) is 4.30. The zero-order valence-electron chi connectivity index (χ0n) is 15.5. The number of carbonyl (C=O) groups excluding carboxylic acids is 2. The molecule has 0 spiro atoms. The fourth-order valence-electron chi connectivity index (χ4n) is 2.90. The topological polar surface area (TPSA) is 71.1 Å². The van der Waals surface area contributed by atoms with Crippen LogP contribution >= 0.6 is 11.3 Å². The Kier molecular flexibility index (Phi) is 6.19. The van der Waals surface area contributed by atoms with Gasteiger partial charge in [0.15, 0.2) is 0 Å². The van der Waals surface area contributed by atoms with Crippen molar-refractivity contribution in [2.75, 3.05) is 10.6 Å². The predicted octanol–water partition coefficient (Wildman–Crippen LogP) is 4.91. The molecular weight excluding hydrogens is 358 g/mol. The Morgan fingerprint density at radius 2 is 1.74 bits per heavy atom. The van der Waals surface area contributed by atoms with Crippen molar-refractivity contribution in [1.82, 2.24) is 4.98 Å². The number of hydrogen-bond donors (Lipinski definition) is 2. The maximum absolute atomic E-state index is 12.2. The van der Waals surface area contributed by atoms with Crippen LogP contribution in [0.1, 0.15) is 36.8 Å². The second-order valence-electron chi connectivity index (χ2n) is 6.49. The molecule has 0 unspecified atom stereocenters. The molecule has 3 aromatic rings. The molecule has 1 aromatic heterocycles. The number of aryl methyl sites for hydroxylation is 1. The summed E-state index contributed by atoms with van der Waals surface area (Å²) in [5.41, 5.74) is 3.36. The highest BCUT2D eigenvalue weighted by atomic mass is 32.1. The van der Waals surface area contributed by atoms with Crippen molar-refractivity contribution < 1.29 is 9.59 Å². The van der Waals surface area contributed by atoms with Crippen molar-refractivity contribution in [2.45, 2.75) is 39.5 Å². The molecule has 0 saturated carbocycles. The molecule has 2 aromatic carbocycles. The monoisotopic (exact) mass is 381 g/mol.